The smallest absolute Gasteiger partial charge is 0.315 e. The van der Waals surface area contributed by atoms with Gasteiger partial charge >= 0.3 is 6.03 Å². The summed E-state index contributed by atoms with van der Waals surface area (Å²) in [6.45, 7) is 0.269. The van der Waals surface area contributed by atoms with Crippen molar-refractivity contribution >= 4 is 23.3 Å². The van der Waals surface area contributed by atoms with E-state index in [-0.39, 0.29) is 42.8 Å². The first kappa shape index (κ1) is 19.4. The Morgan fingerprint density at radius 3 is 2.56 bits per heavy atom. The van der Waals surface area contributed by atoms with E-state index < -0.39 is 0 Å². The minimum atomic E-state index is -0.363. The number of benzene rings is 1. The SMILES string of the molecule is O=C(CCNC(=O)NC(c1ccc(F)cc1)c1cccs1)NC1CCCC1. The first-order valence-electron chi connectivity index (χ1n) is 9.24. The molecule has 1 aromatic heterocycles. The third-order valence-electron chi connectivity index (χ3n) is 4.66. The molecule has 144 valence electrons. The zero-order valence-electron chi connectivity index (χ0n) is 15.0. The van der Waals surface area contributed by atoms with Crippen molar-refractivity contribution in [1.82, 2.24) is 16.0 Å². The van der Waals surface area contributed by atoms with Crippen LogP contribution >= 0.6 is 11.3 Å². The van der Waals surface area contributed by atoms with Crippen LogP contribution in [-0.4, -0.2) is 24.5 Å². The Labute approximate surface area is 162 Å². The van der Waals surface area contributed by atoms with E-state index in [1.165, 1.54) is 36.3 Å². The highest BCUT2D eigenvalue weighted by Crippen LogP contribution is 2.26. The molecule has 3 N–H and O–H groups in total. The van der Waals surface area contributed by atoms with Crippen LogP contribution in [0.5, 0.6) is 0 Å². The molecule has 0 bridgehead atoms. The summed E-state index contributed by atoms with van der Waals surface area (Å²) in [7, 11) is 0. The van der Waals surface area contributed by atoms with Crippen LogP contribution in [0.1, 0.15) is 48.6 Å². The van der Waals surface area contributed by atoms with E-state index in [1.54, 1.807) is 12.1 Å². The number of hydrogen-bond acceptors (Lipinski definition) is 3. The molecule has 1 atom stereocenters. The Morgan fingerprint density at radius 2 is 1.89 bits per heavy atom. The number of thiophene rings is 1. The third-order valence-corrected chi connectivity index (χ3v) is 5.60. The van der Waals surface area contributed by atoms with Gasteiger partial charge in [0, 0.05) is 23.9 Å². The maximum Gasteiger partial charge on any atom is 0.315 e. The van der Waals surface area contributed by atoms with Crippen LogP contribution in [0, 0.1) is 5.82 Å². The molecule has 0 aliphatic heterocycles. The summed E-state index contributed by atoms with van der Waals surface area (Å²) in [6.07, 6.45) is 4.67. The first-order valence-corrected chi connectivity index (χ1v) is 10.1. The topological polar surface area (TPSA) is 70.2 Å². The molecule has 1 aliphatic rings. The number of nitrogens with one attached hydrogen (secondary N) is 3. The summed E-state index contributed by atoms with van der Waals surface area (Å²) in [5.41, 5.74) is 0.799. The molecule has 1 aromatic carbocycles. The summed E-state index contributed by atoms with van der Waals surface area (Å²) >= 11 is 1.52. The van der Waals surface area contributed by atoms with Gasteiger partial charge in [-0.25, -0.2) is 9.18 Å². The molecule has 1 heterocycles. The highest BCUT2D eigenvalue weighted by atomic mass is 32.1. The van der Waals surface area contributed by atoms with Crippen molar-refractivity contribution < 1.29 is 14.0 Å². The summed E-state index contributed by atoms with van der Waals surface area (Å²) in [5, 5.41) is 10.6. The van der Waals surface area contributed by atoms with Crippen LogP contribution in [-0.2, 0) is 4.79 Å². The lowest BCUT2D eigenvalue weighted by atomic mass is 10.1. The van der Waals surface area contributed by atoms with Gasteiger partial charge in [-0.05, 0) is 42.0 Å². The second-order valence-corrected chi connectivity index (χ2v) is 7.68. The molecular weight excluding hydrogens is 365 g/mol. The minimum Gasteiger partial charge on any atom is -0.353 e. The highest BCUT2D eigenvalue weighted by molar-refractivity contribution is 7.10. The Balaban J connectivity index is 1.50. The Morgan fingerprint density at radius 1 is 1.15 bits per heavy atom. The predicted molar refractivity (Wildman–Crippen MR) is 104 cm³/mol. The lowest BCUT2D eigenvalue weighted by Gasteiger charge is -2.19. The van der Waals surface area contributed by atoms with E-state index in [0.717, 1.165) is 23.3 Å². The molecule has 1 saturated carbocycles. The van der Waals surface area contributed by atoms with Crippen molar-refractivity contribution in [3.05, 3.63) is 58.0 Å². The molecular formula is C20H24FN3O2S. The van der Waals surface area contributed by atoms with Crippen LogP contribution in [0.4, 0.5) is 9.18 Å². The van der Waals surface area contributed by atoms with Crippen molar-refractivity contribution in [2.45, 2.75) is 44.2 Å². The lowest BCUT2D eigenvalue weighted by Crippen LogP contribution is -2.40. The van der Waals surface area contributed by atoms with Crippen LogP contribution in [0.25, 0.3) is 0 Å². The molecule has 3 amide bonds. The van der Waals surface area contributed by atoms with Gasteiger partial charge in [-0.1, -0.05) is 31.0 Å². The van der Waals surface area contributed by atoms with Gasteiger partial charge in [0.25, 0.3) is 0 Å². The summed E-state index contributed by atoms with van der Waals surface area (Å²) < 4.78 is 13.2. The molecule has 1 aliphatic carbocycles. The number of urea groups is 1. The highest BCUT2D eigenvalue weighted by Gasteiger charge is 2.19. The van der Waals surface area contributed by atoms with Gasteiger partial charge in [-0.2, -0.15) is 0 Å². The number of carbonyl (C=O) groups is 2. The molecule has 7 heteroatoms. The van der Waals surface area contributed by atoms with E-state index in [0.29, 0.717) is 0 Å². The average molecular weight is 389 g/mol. The molecule has 0 saturated heterocycles. The second kappa shape index (κ2) is 9.50. The lowest BCUT2D eigenvalue weighted by molar-refractivity contribution is -0.121. The molecule has 1 unspecified atom stereocenters. The molecule has 1 fully saturated rings. The van der Waals surface area contributed by atoms with Gasteiger partial charge in [0.15, 0.2) is 0 Å². The standard InChI is InChI=1S/C20H24FN3O2S/c21-15-9-7-14(8-10-15)19(17-6-3-13-27-17)24-20(26)22-12-11-18(25)23-16-4-1-2-5-16/h3,6-10,13,16,19H,1-2,4-5,11-12H2,(H,23,25)(H2,22,24,26). The Hall–Kier alpha value is -2.41. The van der Waals surface area contributed by atoms with Crippen molar-refractivity contribution in [2.75, 3.05) is 6.54 Å². The number of halogens is 1. The molecule has 5 nitrogen and oxygen atoms in total. The first-order chi connectivity index (χ1) is 13.1. The third kappa shape index (κ3) is 5.79. The predicted octanol–water partition coefficient (Wildman–Crippen LogP) is 3.72. The minimum absolute atomic E-state index is 0.0319. The largest absolute Gasteiger partial charge is 0.353 e. The van der Waals surface area contributed by atoms with Crippen molar-refractivity contribution in [2.24, 2.45) is 0 Å². The average Bonchev–Trinajstić information content (AvgIpc) is 3.34. The fourth-order valence-corrected chi connectivity index (χ4v) is 4.07. The van der Waals surface area contributed by atoms with Gasteiger partial charge in [-0.3, -0.25) is 4.79 Å². The molecule has 0 spiro atoms. The van der Waals surface area contributed by atoms with Crippen LogP contribution in [0.3, 0.4) is 0 Å². The van der Waals surface area contributed by atoms with E-state index in [9.17, 15) is 14.0 Å². The molecule has 0 radical (unpaired) electrons. The monoisotopic (exact) mass is 389 g/mol. The van der Waals surface area contributed by atoms with E-state index in [2.05, 4.69) is 16.0 Å². The van der Waals surface area contributed by atoms with Crippen molar-refractivity contribution in [1.29, 1.82) is 0 Å². The second-order valence-electron chi connectivity index (χ2n) is 6.70. The number of hydrogen-bond donors (Lipinski definition) is 3. The quantitative estimate of drug-likeness (QED) is 0.675. The maximum atomic E-state index is 13.2. The van der Waals surface area contributed by atoms with Crippen LogP contribution in [0.15, 0.2) is 41.8 Å². The zero-order valence-corrected chi connectivity index (χ0v) is 15.9. The van der Waals surface area contributed by atoms with Gasteiger partial charge in [-0.15, -0.1) is 11.3 Å². The normalized spacial score (nSPS) is 15.3. The fourth-order valence-electron chi connectivity index (χ4n) is 3.27. The van der Waals surface area contributed by atoms with Crippen molar-refractivity contribution in [3.63, 3.8) is 0 Å². The summed E-state index contributed by atoms with van der Waals surface area (Å²) in [4.78, 5) is 25.2. The van der Waals surface area contributed by atoms with Gasteiger partial charge in [0.05, 0.1) is 6.04 Å². The van der Waals surface area contributed by atoms with Crippen LogP contribution < -0.4 is 16.0 Å². The molecule has 2 aromatic rings. The number of carbonyl (C=O) groups excluding carboxylic acids is 2. The Bertz CT molecular complexity index is 743. The zero-order chi connectivity index (χ0) is 19.1. The van der Waals surface area contributed by atoms with Crippen molar-refractivity contribution in [3.8, 4) is 0 Å². The van der Waals surface area contributed by atoms with E-state index in [4.69, 9.17) is 0 Å². The number of amides is 3. The van der Waals surface area contributed by atoms with Gasteiger partial charge < -0.3 is 16.0 Å². The van der Waals surface area contributed by atoms with Gasteiger partial charge in [0.2, 0.25) is 5.91 Å². The van der Waals surface area contributed by atoms with E-state index >= 15 is 0 Å². The molecule has 27 heavy (non-hydrogen) atoms. The Kier molecular flexibility index (Phi) is 6.81. The summed E-state index contributed by atoms with van der Waals surface area (Å²) in [6, 6.07) is 9.48. The number of rotatable bonds is 7. The molecule has 3 rings (SSSR count). The van der Waals surface area contributed by atoms with Crippen LogP contribution in [0.2, 0.25) is 0 Å². The fraction of sp³-hybridized carbons (Fsp3) is 0.400. The maximum absolute atomic E-state index is 13.2. The summed E-state index contributed by atoms with van der Waals surface area (Å²) in [5.74, 6) is -0.350. The van der Waals surface area contributed by atoms with E-state index in [1.807, 2.05) is 17.5 Å². The van der Waals surface area contributed by atoms with Gasteiger partial charge in [0.1, 0.15) is 5.82 Å².